The molecule has 0 saturated heterocycles. The van der Waals surface area contributed by atoms with E-state index >= 15 is 0 Å². The van der Waals surface area contributed by atoms with Crippen molar-refractivity contribution >= 4 is 17.5 Å². The molecule has 1 heterocycles. The molecule has 6 heteroatoms. The molecule has 0 bridgehead atoms. The van der Waals surface area contributed by atoms with Gasteiger partial charge in [-0.25, -0.2) is 9.97 Å². The quantitative estimate of drug-likeness (QED) is 0.705. The van der Waals surface area contributed by atoms with Gasteiger partial charge in [0.15, 0.2) is 0 Å². The number of amides is 1. The zero-order valence-corrected chi connectivity index (χ0v) is 11.4. The lowest BCUT2D eigenvalue weighted by atomic mass is 9.92. The summed E-state index contributed by atoms with van der Waals surface area (Å²) in [5.41, 5.74) is -0.488. The lowest BCUT2D eigenvalue weighted by molar-refractivity contribution is -0.128. The van der Waals surface area contributed by atoms with Crippen molar-refractivity contribution in [3.05, 3.63) is 12.4 Å². The number of nitrogens with zero attached hydrogens (tertiary/aromatic N) is 2. The number of carbonyl (C=O) groups is 1. The van der Waals surface area contributed by atoms with Crippen molar-refractivity contribution in [2.24, 2.45) is 5.41 Å². The monoisotopic (exact) mass is 251 g/mol. The van der Waals surface area contributed by atoms with Gasteiger partial charge in [0.2, 0.25) is 5.91 Å². The number of hydrogen-bond donors (Lipinski definition) is 3. The van der Waals surface area contributed by atoms with Crippen LogP contribution in [-0.4, -0.2) is 36.0 Å². The minimum atomic E-state index is -0.488. The molecule has 1 rings (SSSR count). The first-order valence-electron chi connectivity index (χ1n) is 6.01. The number of hydrogen-bond acceptors (Lipinski definition) is 5. The standard InChI is InChI=1S/C12H21N5O/c1-5-14-9-6-10(17-8-16-9)15-7-12(2,3)11(18)13-4/h6,8H,5,7H2,1-4H3,(H,13,18)(H2,14,15,16,17). The van der Waals surface area contributed by atoms with E-state index in [-0.39, 0.29) is 5.91 Å². The van der Waals surface area contributed by atoms with Gasteiger partial charge in [0.25, 0.3) is 0 Å². The number of carbonyl (C=O) groups excluding carboxylic acids is 1. The number of anilines is 2. The lowest BCUT2D eigenvalue weighted by Gasteiger charge is -2.23. The summed E-state index contributed by atoms with van der Waals surface area (Å²) in [4.78, 5) is 19.8. The highest BCUT2D eigenvalue weighted by atomic mass is 16.2. The number of rotatable bonds is 6. The fraction of sp³-hybridized carbons (Fsp3) is 0.583. The fourth-order valence-corrected chi connectivity index (χ4v) is 1.46. The van der Waals surface area contributed by atoms with Crippen molar-refractivity contribution in [1.29, 1.82) is 0 Å². The summed E-state index contributed by atoms with van der Waals surface area (Å²) in [7, 11) is 1.64. The van der Waals surface area contributed by atoms with Gasteiger partial charge in [-0.05, 0) is 20.8 Å². The topological polar surface area (TPSA) is 78.9 Å². The van der Waals surface area contributed by atoms with Crippen molar-refractivity contribution in [3.63, 3.8) is 0 Å². The van der Waals surface area contributed by atoms with Crippen molar-refractivity contribution in [3.8, 4) is 0 Å². The third-order valence-electron chi connectivity index (χ3n) is 2.58. The Kier molecular flexibility index (Phi) is 4.88. The summed E-state index contributed by atoms with van der Waals surface area (Å²) in [6.07, 6.45) is 1.49. The molecule has 0 aliphatic heterocycles. The van der Waals surface area contributed by atoms with Crippen molar-refractivity contribution < 1.29 is 4.79 Å². The van der Waals surface area contributed by atoms with Crippen LogP contribution in [0.25, 0.3) is 0 Å². The summed E-state index contributed by atoms with van der Waals surface area (Å²) in [5, 5.41) is 8.90. The molecule has 0 saturated carbocycles. The first kappa shape index (κ1) is 14.2. The van der Waals surface area contributed by atoms with Gasteiger partial charge in [-0.15, -0.1) is 0 Å². The SMILES string of the molecule is CCNc1cc(NCC(C)(C)C(=O)NC)ncn1. The second-order valence-electron chi connectivity index (χ2n) is 4.64. The zero-order chi connectivity index (χ0) is 13.6. The van der Waals surface area contributed by atoms with E-state index in [4.69, 9.17) is 0 Å². The van der Waals surface area contributed by atoms with Gasteiger partial charge in [0, 0.05) is 26.2 Å². The van der Waals surface area contributed by atoms with Crippen LogP contribution in [0.1, 0.15) is 20.8 Å². The van der Waals surface area contributed by atoms with Crippen LogP contribution in [0, 0.1) is 5.41 Å². The third-order valence-corrected chi connectivity index (χ3v) is 2.58. The zero-order valence-electron chi connectivity index (χ0n) is 11.4. The Hall–Kier alpha value is -1.85. The molecule has 0 fully saturated rings. The molecule has 0 unspecified atom stereocenters. The Morgan fingerprint density at radius 1 is 1.28 bits per heavy atom. The molecule has 0 aliphatic carbocycles. The molecule has 0 radical (unpaired) electrons. The third kappa shape index (κ3) is 3.87. The smallest absolute Gasteiger partial charge is 0.227 e. The molecule has 6 nitrogen and oxygen atoms in total. The van der Waals surface area contributed by atoms with Gasteiger partial charge >= 0.3 is 0 Å². The van der Waals surface area contributed by atoms with E-state index in [1.54, 1.807) is 7.05 Å². The van der Waals surface area contributed by atoms with Gasteiger partial charge in [0.1, 0.15) is 18.0 Å². The molecule has 3 N–H and O–H groups in total. The summed E-state index contributed by atoms with van der Waals surface area (Å²) in [6, 6.07) is 1.82. The van der Waals surface area contributed by atoms with Crippen LogP contribution in [0.15, 0.2) is 12.4 Å². The second-order valence-corrected chi connectivity index (χ2v) is 4.64. The van der Waals surface area contributed by atoms with Crippen LogP contribution in [-0.2, 0) is 4.79 Å². The minimum absolute atomic E-state index is 0.00374. The van der Waals surface area contributed by atoms with E-state index in [1.807, 2.05) is 26.8 Å². The first-order valence-corrected chi connectivity index (χ1v) is 6.01. The van der Waals surface area contributed by atoms with Gasteiger partial charge in [0.05, 0.1) is 5.41 Å². The summed E-state index contributed by atoms with van der Waals surface area (Å²) < 4.78 is 0. The van der Waals surface area contributed by atoms with Crippen LogP contribution < -0.4 is 16.0 Å². The molecular formula is C12H21N5O. The lowest BCUT2D eigenvalue weighted by Crippen LogP contribution is -2.39. The van der Waals surface area contributed by atoms with Gasteiger partial charge in [-0.2, -0.15) is 0 Å². The summed E-state index contributed by atoms with van der Waals surface area (Å²) >= 11 is 0. The molecular weight excluding hydrogens is 230 g/mol. The molecule has 0 aromatic carbocycles. The maximum Gasteiger partial charge on any atom is 0.227 e. The average Bonchev–Trinajstić information content (AvgIpc) is 2.36. The molecule has 1 amide bonds. The molecule has 0 spiro atoms. The van der Waals surface area contributed by atoms with E-state index in [2.05, 4.69) is 25.9 Å². The Morgan fingerprint density at radius 2 is 1.89 bits per heavy atom. The number of nitrogens with one attached hydrogen (secondary N) is 3. The molecule has 1 aromatic heterocycles. The van der Waals surface area contributed by atoms with E-state index in [1.165, 1.54) is 6.33 Å². The largest absolute Gasteiger partial charge is 0.370 e. The van der Waals surface area contributed by atoms with Crippen LogP contribution in [0.5, 0.6) is 0 Å². The van der Waals surface area contributed by atoms with Gasteiger partial charge in [-0.1, -0.05) is 0 Å². The highest BCUT2D eigenvalue weighted by Crippen LogP contribution is 2.16. The Labute approximate surface area is 108 Å². The van der Waals surface area contributed by atoms with Crippen LogP contribution in [0.2, 0.25) is 0 Å². The van der Waals surface area contributed by atoms with Crippen LogP contribution in [0.4, 0.5) is 11.6 Å². The van der Waals surface area contributed by atoms with Crippen LogP contribution >= 0.6 is 0 Å². The predicted molar refractivity (Wildman–Crippen MR) is 72.5 cm³/mol. The number of aromatic nitrogens is 2. The maximum absolute atomic E-state index is 11.6. The second kappa shape index (κ2) is 6.18. The highest BCUT2D eigenvalue weighted by Gasteiger charge is 2.26. The predicted octanol–water partition coefficient (Wildman–Crippen LogP) is 1.09. The van der Waals surface area contributed by atoms with Crippen molar-refractivity contribution in [1.82, 2.24) is 15.3 Å². The van der Waals surface area contributed by atoms with Crippen molar-refractivity contribution in [2.45, 2.75) is 20.8 Å². The Balaban J connectivity index is 2.63. The molecule has 18 heavy (non-hydrogen) atoms. The van der Waals surface area contributed by atoms with E-state index < -0.39 is 5.41 Å². The summed E-state index contributed by atoms with van der Waals surface area (Å²) in [6.45, 7) is 7.08. The molecule has 0 aliphatic rings. The van der Waals surface area contributed by atoms with E-state index in [0.717, 1.165) is 12.4 Å². The van der Waals surface area contributed by atoms with Gasteiger partial charge < -0.3 is 16.0 Å². The highest BCUT2D eigenvalue weighted by molar-refractivity contribution is 5.82. The minimum Gasteiger partial charge on any atom is -0.370 e. The fourth-order valence-electron chi connectivity index (χ4n) is 1.46. The molecule has 100 valence electrons. The van der Waals surface area contributed by atoms with Gasteiger partial charge in [-0.3, -0.25) is 4.79 Å². The first-order chi connectivity index (χ1) is 8.49. The van der Waals surface area contributed by atoms with E-state index in [9.17, 15) is 4.79 Å². The Bertz CT molecular complexity index is 405. The van der Waals surface area contributed by atoms with Crippen molar-refractivity contribution in [2.75, 3.05) is 30.8 Å². The summed E-state index contributed by atoms with van der Waals surface area (Å²) in [5.74, 6) is 1.47. The van der Waals surface area contributed by atoms with E-state index in [0.29, 0.717) is 12.4 Å². The van der Waals surface area contributed by atoms with Crippen LogP contribution in [0.3, 0.4) is 0 Å². The Morgan fingerprint density at radius 3 is 2.44 bits per heavy atom. The average molecular weight is 251 g/mol. The normalized spacial score (nSPS) is 10.9. The molecule has 0 atom stereocenters. The maximum atomic E-state index is 11.6. The molecule has 1 aromatic rings.